The van der Waals surface area contributed by atoms with Crippen LogP contribution in [0.2, 0.25) is 0 Å². The normalized spacial score (nSPS) is 10.8. The Labute approximate surface area is 193 Å². The number of hydrogen-bond donors (Lipinski definition) is 3. The zero-order chi connectivity index (χ0) is 24.7. The molecule has 0 bridgehead atoms. The molecule has 2 aromatic carbocycles. The van der Waals surface area contributed by atoms with Crippen LogP contribution in [0.3, 0.4) is 0 Å². The van der Waals surface area contributed by atoms with Gasteiger partial charge in [-0.2, -0.15) is 4.98 Å². The van der Waals surface area contributed by atoms with E-state index in [0.29, 0.717) is 29.4 Å². The van der Waals surface area contributed by atoms with Gasteiger partial charge in [0.15, 0.2) is 18.1 Å². The van der Waals surface area contributed by atoms with E-state index in [1.165, 1.54) is 6.08 Å². The molecule has 0 saturated carbocycles. The number of nitrogens with zero attached hydrogens (tertiary/aromatic N) is 2. The second kappa shape index (κ2) is 10.8. The van der Waals surface area contributed by atoms with Gasteiger partial charge in [0, 0.05) is 5.69 Å². The molecular formula is C23H22N4O7. The van der Waals surface area contributed by atoms with Gasteiger partial charge in [-0.25, -0.2) is 0 Å². The smallest absolute Gasteiger partial charge is 0.395 e. The van der Waals surface area contributed by atoms with Gasteiger partial charge in [-0.1, -0.05) is 29.8 Å². The van der Waals surface area contributed by atoms with Gasteiger partial charge in [0.25, 0.3) is 11.8 Å². The number of aryl methyl sites for hydroxylation is 1. The fourth-order valence-corrected chi connectivity index (χ4v) is 2.88. The molecule has 1 heterocycles. The van der Waals surface area contributed by atoms with Crippen LogP contribution in [0.15, 0.2) is 47.3 Å². The Hall–Kier alpha value is -4.67. The lowest BCUT2D eigenvalue weighted by atomic mass is 10.2. The van der Waals surface area contributed by atoms with Crippen LogP contribution in [-0.2, 0) is 4.79 Å². The highest BCUT2D eigenvalue weighted by Crippen LogP contribution is 2.29. The van der Waals surface area contributed by atoms with Crippen LogP contribution in [0, 0.1) is 17.0 Å². The molecule has 3 N–H and O–H groups in total. The predicted octanol–water partition coefficient (Wildman–Crippen LogP) is 3.28. The highest BCUT2D eigenvalue weighted by molar-refractivity contribution is 5.91. The average Bonchev–Trinajstić information content (AvgIpc) is 2.78. The Morgan fingerprint density at radius 3 is 2.56 bits per heavy atom. The Kier molecular flexibility index (Phi) is 7.60. The van der Waals surface area contributed by atoms with Crippen molar-refractivity contribution < 1.29 is 24.3 Å². The lowest BCUT2D eigenvalue weighted by Gasteiger charge is -2.13. The number of carbonyl (C=O) groups is 1. The standard InChI is InChI=1S/C23H22N4O7/c1-3-33-18-12-15(7-11-19-25-22(29)21(27(31)32)23(30)26-19)6-10-17(18)34-13-20(28)24-16-8-4-14(2)5-9-16/h4-12H,3,13H2,1-2H3,(H,24,28)(H2,25,26,29,30)/b11-7+. The van der Waals surface area contributed by atoms with Crippen molar-refractivity contribution in [2.45, 2.75) is 13.8 Å². The summed E-state index contributed by atoms with van der Waals surface area (Å²) < 4.78 is 11.2. The van der Waals surface area contributed by atoms with Crippen LogP contribution in [-0.4, -0.2) is 39.1 Å². The summed E-state index contributed by atoms with van der Waals surface area (Å²) in [6.45, 7) is 3.87. The van der Waals surface area contributed by atoms with Crippen molar-refractivity contribution in [2.75, 3.05) is 18.5 Å². The second-order valence-electron chi connectivity index (χ2n) is 7.06. The van der Waals surface area contributed by atoms with E-state index in [9.17, 15) is 24.8 Å². The van der Waals surface area contributed by atoms with Crippen LogP contribution >= 0.6 is 0 Å². The van der Waals surface area contributed by atoms with Crippen molar-refractivity contribution in [1.29, 1.82) is 0 Å². The maximum absolute atomic E-state index is 12.2. The average molecular weight is 466 g/mol. The molecule has 3 rings (SSSR count). The highest BCUT2D eigenvalue weighted by Gasteiger charge is 2.21. The molecular weight excluding hydrogens is 444 g/mol. The van der Waals surface area contributed by atoms with Gasteiger partial charge in [-0.15, -0.1) is 0 Å². The predicted molar refractivity (Wildman–Crippen MR) is 125 cm³/mol. The van der Waals surface area contributed by atoms with E-state index in [4.69, 9.17) is 9.47 Å². The van der Waals surface area contributed by atoms with Crippen LogP contribution in [0.5, 0.6) is 17.4 Å². The summed E-state index contributed by atoms with van der Waals surface area (Å²) in [5, 5.41) is 23.1. The number of ether oxygens (including phenoxy) is 2. The fourth-order valence-electron chi connectivity index (χ4n) is 2.88. The van der Waals surface area contributed by atoms with Gasteiger partial charge < -0.3 is 24.9 Å². The lowest BCUT2D eigenvalue weighted by Crippen LogP contribution is -2.20. The number of rotatable bonds is 9. The van der Waals surface area contributed by atoms with Crippen molar-refractivity contribution in [3.05, 3.63) is 79.9 Å². The van der Waals surface area contributed by atoms with Gasteiger partial charge in [0.1, 0.15) is 5.82 Å². The number of aromatic nitrogens is 2. The lowest BCUT2D eigenvalue weighted by molar-refractivity contribution is -0.387. The summed E-state index contributed by atoms with van der Waals surface area (Å²) in [6, 6.07) is 12.3. The maximum atomic E-state index is 12.2. The van der Waals surface area contributed by atoms with E-state index < -0.39 is 22.0 Å². The van der Waals surface area contributed by atoms with E-state index >= 15 is 0 Å². The van der Waals surface area contributed by atoms with E-state index in [1.54, 1.807) is 43.3 Å². The van der Waals surface area contributed by atoms with Crippen molar-refractivity contribution in [3.63, 3.8) is 0 Å². The zero-order valence-corrected chi connectivity index (χ0v) is 18.4. The Bertz CT molecular complexity index is 1280. The molecule has 34 heavy (non-hydrogen) atoms. The third-order valence-corrected chi connectivity index (χ3v) is 4.47. The monoisotopic (exact) mass is 466 g/mol. The minimum Gasteiger partial charge on any atom is -0.490 e. The molecule has 11 nitrogen and oxygen atoms in total. The van der Waals surface area contributed by atoms with Crippen molar-refractivity contribution in [3.8, 4) is 17.4 Å². The molecule has 0 radical (unpaired) electrons. The molecule has 11 heteroatoms. The summed E-state index contributed by atoms with van der Waals surface area (Å²) >= 11 is 0. The van der Waals surface area contributed by atoms with E-state index in [2.05, 4.69) is 15.3 Å². The van der Waals surface area contributed by atoms with Gasteiger partial charge in [-0.05, 0) is 49.8 Å². The number of nitrogens with one attached hydrogen (secondary N) is 2. The van der Waals surface area contributed by atoms with Crippen molar-refractivity contribution in [1.82, 2.24) is 9.97 Å². The molecule has 3 aromatic rings. The second-order valence-corrected chi connectivity index (χ2v) is 7.06. The Morgan fingerprint density at radius 1 is 1.18 bits per heavy atom. The van der Waals surface area contributed by atoms with Crippen LogP contribution in [0.25, 0.3) is 12.2 Å². The third-order valence-electron chi connectivity index (χ3n) is 4.47. The molecule has 0 atom stereocenters. The first-order valence-electron chi connectivity index (χ1n) is 10.2. The Morgan fingerprint density at radius 2 is 1.91 bits per heavy atom. The molecule has 0 aliphatic carbocycles. The summed E-state index contributed by atoms with van der Waals surface area (Å²) in [5.74, 6) is -0.628. The molecule has 0 fully saturated rings. The Balaban J connectivity index is 1.71. The molecule has 176 valence electrons. The zero-order valence-electron chi connectivity index (χ0n) is 18.4. The van der Waals surface area contributed by atoms with Gasteiger partial charge >= 0.3 is 11.2 Å². The summed E-state index contributed by atoms with van der Waals surface area (Å²) in [6.07, 6.45) is 2.92. The van der Waals surface area contributed by atoms with Crippen LogP contribution in [0.4, 0.5) is 11.4 Å². The summed E-state index contributed by atoms with van der Waals surface area (Å²) in [7, 11) is 0. The number of anilines is 1. The molecule has 0 spiro atoms. The minimum absolute atomic E-state index is 0.0702. The quantitative estimate of drug-likeness (QED) is 0.320. The topological polar surface area (TPSA) is 157 Å². The summed E-state index contributed by atoms with van der Waals surface area (Å²) in [4.78, 5) is 39.5. The number of benzene rings is 2. The number of carbonyl (C=O) groups excluding carboxylic acids is 1. The van der Waals surface area contributed by atoms with Gasteiger partial charge in [-0.3, -0.25) is 19.7 Å². The molecule has 1 amide bonds. The van der Waals surface area contributed by atoms with E-state index in [0.717, 1.165) is 5.56 Å². The van der Waals surface area contributed by atoms with Gasteiger partial charge in [0.2, 0.25) is 0 Å². The van der Waals surface area contributed by atoms with Crippen molar-refractivity contribution in [2.24, 2.45) is 0 Å². The fraction of sp³-hybridized carbons (Fsp3) is 0.174. The molecule has 0 saturated heterocycles. The number of H-pyrrole nitrogens is 1. The van der Waals surface area contributed by atoms with Gasteiger partial charge in [0.05, 0.1) is 11.5 Å². The molecule has 0 unspecified atom stereocenters. The number of aromatic amines is 1. The largest absolute Gasteiger partial charge is 0.490 e. The van der Waals surface area contributed by atoms with E-state index in [-0.39, 0.29) is 18.3 Å². The maximum Gasteiger partial charge on any atom is 0.395 e. The number of nitro groups is 1. The first-order valence-corrected chi connectivity index (χ1v) is 10.2. The minimum atomic E-state index is -1.07. The number of hydrogen-bond acceptors (Lipinski definition) is 8. The molecule has 1 aromatic heterocycles. The molecule has 0 aliphatic heterocycles. The first-order chi connectivity index (χ1) is 16.3. The van der Waals surface area contributed by atoms with Crippen LogP contribution in [0.1, 0.15) is 23.9 Å². The number of aromatic hydroxyl groups is 1. The molecule has 0 aliphatic rings. The van der Waals surface area contributed by atoms with Crippen molar-refractivity contribution >= 4 is 29.4 Å². The SMILES string of the molecule is CCOc1cc(/C=C/c2nc(O)c([N+](=O)[O-])c(=O)[nH]2)ccc1OCC(=O)Nc1ccc(C)cc1. The summed E-state index contributed by atoms with van der Waals surface area (Å²) in [5.41, 5.74) is 0.273. The third kappa shape index (κ3) is 6.19. The highest BCUT2D eigenvalue weighted by atomic mass is 16.6. The number of amides is 1. The first kappa shape index (κ1) is 24.0. The van der Waals surface area contributed by atoms with E-state index in [1.807, 2.05) is 19.1 Å². The van der Waals surface area contributed by atoms with Crippen LogP contribution < -0.4 is 20.3 Å².